The summed E-state index contributed by atoms with van der Waals surface area (Å²) in [6, 6.07) is 0. The molecule has 0 bridgehead atoms. The molecule has 3 atom stereocenters. The summed E-state index contributed by atoms with van der Waals surface area (Å²) in [7, 11) is 1.82. The summed E-state index contributed by atoms with van der Waals surface area (Å²) in [4.78, 5) is 2.52. The van der Waals surface area contributed by atoms with Gasteiger partial charge in [0.25, 0.3) is 0 Å². The van der Waals surface area contributed by atoms with Gasteiger partial charge >= 0.3 is 0 Å². The molecule has 1 saturated heterocycles. The number of likely N-dealkylation sites (tertiary alicyclic amines) is 1. The number of nitrogens with two attached hydrogens (primary N) is 1. The fourth-order valence-electron chi connectivity index (χ4n) is 2.53. The van der Waals surface area contributed by atoms with Gasteiger partial charge in [-0.25, -0.2) is 0 Å². The molecular formula is C13H28N2O. The Labute approximate surface area is 100 Å². The molecule has 0 aromatic heterocycles. The first kappa shape index (κ1) is 13.9. The summed E-state index contributed by atoms with van der Waals surface area (Å²) in [6.45, 7) is 12.0. The second-order valence-electron chi connectivity index (χ2n) is 5.70. The molecule has 0 aliphatic carbocycles. The second-order valence-corrected chi connectivity index (χ2v) is 5.70. The van der Waals surface area contributed by atoms with Crippen LogP contribution in [0.15, 0.2) is 0 Å². The van der Waals surface area contributed by atoms with Crippen LogP contribution in [0.3, 0.4) is 0 Å². The zero-order valence-electron chi connectivity index (χ0n) is 11.5. The van der Waals surface area contributed by atoms with Crippen molar-refractivity contribution in [2.75, 3.05) is 26.7 Å². The molecular weight excluding hydrogens is 200 g/mol. The lowest BCUT2D eigenvalue weighted by Crippen LogP contribution is -2.60. The minimum absolute atomic E-state index is 0.108. The molecule has 16 heavy (non-hydrogen) atoms. The second kappa shape index (κ2) is 5.48. The van der Waals surface area contributed by atoms with Crippen LogP contribution in [0.4, 0.5) is 0 Å². The predicted octanol–water partition coefficient (Wildman–Crippen LogP) is 1.72. The van der Waals surface area contributed by atoms with Crippen molar-refractivity contribution in [1.82, 2.24) is 4.90 Å². The zero-order chi connectivity index (χ0) is 12.3. The van der Waals surface area contributed by atoms with E-state index in [1.165, 1.54) is 6.42 Å². The van der Waals surface area contributed by atoms with Crippen molar-refractivity contribution in [3.63, 3.8) is 0 Å². The molecule has 0 aromatic carbocycles. The van der Waals surface area contributed by atoms with Crippen LogP contribution in [-0.4, -0.2) is 43.3 Å². The van der Waals surface area contributed by atoms with Crippen LogP contribution in [-0.2, 0) is 4.74 Å². The Balaban J connectivity index is 2.73. The molecule has 0 aromatic rings. The van der Waals surface area contributed by atoms with Crippen LogP contribution < -0.4 is 5.73 Å². The first-order valence-corrected chi connectivity index (χ1v) is 6.43. The molecule has 0 radical (unpaired) electrons. The summed E-state index contributed by atoms with van der Waals surface area (Å²) in [6.07, 6.45) is 1.57. The lowest BCUT2D eigenvalue weighted by Gasteiger charge is -2.48. The number of piperidine rings is 1. The van der Waals surface area contributed by atoms with Gasteiger partial charge in [-0.05, 0) is 31.7 Å². The summed E-state index contributed by atoms with van der Waals surface area (Å²) < 4.78 is 5.57. The maximum absolute atomic E-state index is 5.98. The Hall–Kier alpha value is -0.120. The maximum atomic E-state index is 5.98. The average molecular weight is 228 g/mol. The number of hydrogen-bond donors (Lipinski definition) is 1. The van der Waals surface area contributed by atoms with Crippen molar-refractivity contribution >= 4 is 0 Å². The van der Waals surface area contributed by atoms with Crippen LogP contribution in [0.5, 0.6) is 0 Å². The minimum atomic E-state index is 0.108. The van der Waals surface area contributed by atoms with Crippen molar-refractivity contribution in [2.45, 2.75) is 45.8 Å². The summed E-state index contributed by atoms with van der Waals surface area (Å²) in [5.74, 6) is 1.24. The van der Waals surface area contributed by atoms with Gasteiger partial charge < -0.3 is 10.5 Å². The predicted molar refractivity (Wildman–Crippen MR) is 68.4 cm³/mol. The fourth-order valence-corrected chi connectivity index (χ4v) is 2.53. The molecule has 1 aliphatic rings. The molecule has 0 spiro atoms. The van der Waals surface area contributed by atoms with E-state index in [9.17, 15) is 0 Å². The molecule has 3 heteroatoms. The molecule has 1 rings (SSSR count). The fraction of sp³-hybridized carbons (Fsp3) is 1.00. The van der Waals surface area contributed by atoms with E-state index in [-0.39, 0.29) is 5.54 Å². The number of ether oxygens (including phenoxy) is 1. The molecule has 1 fully saturated rings. The highest BCUT2D eigenvalue weighted by Crippen LogP contribution is 2.29. The van der Waals surface area contributed by atoms with E-state index >= 15 is 0 Å². The highest BCUT2D eigenvalue weighted by molar-refractivity contribution is 4.94. The van der Waals surface area contributed by atoms with Crippen LogP contribution in [0.25, 0.3) is 0 Å². The summed E-state index contributed by atoms with van der Waals surface area (Å²) >= 11 is 0. The first-order valence-electron chi connectivity index (χ1n) is 6.43. The van der Waals surface area contributed by atoms with Gasteiger partial charge in [0.2, 0.25) is 0 Å². The molecule has 3 nitrogen and oxygen atoms in total. The average Bonchev–Trinajstić information content (AvgIpc) is 2.28. The molecule has 0 amide bonds. The smallest absolute Gasteiger partial charge is 0.0724 e. The van der Waals surface area contributed by atoms with Gasteiger partial charge in [-0.2, -0.15) is 0 Å². The van der Waals surface area contributed by atoms with Gasteiger partial charge in [0.05, 0.1) is 6.10 Å². The van der Waals surface area contributed by atoms with E-state index < -0.39 is 0 Å². The maximum Gasteiger partial charge on any atom is 0.0724 e. The quantitative estimate of drug-likeness (QED) is 0.796. The lowest BCUT2D eigenvalue weighted by molar-refractivity contribution is -0.0521. The van der Waals surface area contributed by atoms with Crippen LogP contribution >= 0.6 is 0 Å². The van der Waals surface area contributed by atoms with Gasteiger partial charge in [0.1, 0.15) is 0 Å². The largest absolute Gasteiger partial charge is 0.380 e. The van der Waals surface area contributed by atoms with E-state index in [0.29, 0.717) is 17.9 Å². The summed E-state index contributed by atoms with van der Waals surface area (Å²) in [5, 5.41) is 0. The Bertz CT molecular complexity index is 220. The van der Waals surface area contributed by atoms with Crippen molar-refractivity contribution < 1.29 is 4.74 Å². The third kappa shape index (κ3) is 2.58. The van der Waals surface area contributed by atoms with Crippen LogP contribution in [0.2, 0.25) is 0 Å². The van der Waals surface area contributed by atoms with Crippen molar-refractivity contribution in [3.8, 4) is 0 Å². The topological polar surface area (TPSA) is 38.5 Å². The van der Waals surface area contributed by atoms with Gasteiger partial charge in [0.15, 0.2) is 0 Å². The Kier molecular flexibility index (Phi) is 4.77. The Morgan fingerprint density at radius 1 is 1.50 bits per heavy atom. The highest BCUT2D eigenvalue weighted by Gasteiger charge is 2.38. The van der Waals surface area contributed by atoms with Gasteiger partial charge in [-0.1, -0.05) is 20.8 Å². The highest BCUT2D eigenvalue weighted by atomic mass is 16.5. The van der Waals surface area contributed by atoms with Crippen LogP contribution in [0.1, 0.15) is 34.1 Å². The molecule has 2 N–H and O–H groups in total. The molecule has 1 aliphatic heterocycles. The third-order valence-corrected chi connectivity index (χ3v) is 4.57. The number of methoxy groups -OCH3 is 1. The normalized spacial score (nSPS) is 31.7. The number of nitrogens with zero attached hydrogens (tertiary/aromatic N) is 1. The standard InChI is InChI=1S/C13H28N2O/c1-10(2)13(4,9-14)15-7-6-11(3)12(8-15)16-5/h10-12H,6-9,14H2,1-5H3. The number of hydrogen-bond acceptors (Lipinski definition) is 3. The zero-order valence-corrected chi connectivity index (χ0v) is 11.5. The Morgan fingerprint density at radius 2 is 2.12 bits per heavy atom. The van der Waals surface area contributed by atoms with Crippen LogP contribution in [0, 0.1) is 11.8 Å². The monoisotopic (exact) mass is 228 g/mol. The lowest BCUT2D eigenvalue weighted by atomic mass is 9.83. The molecule has 0 saturated carbocycles. The SMILES string of the molecule is COC1CN(C(C)(CN)C(C)C)CCC1C. The van der Waals surface area contributed by atoms with E-state index in [2.05, 4.69) is 32.6 Å². The van der Waals surface area contributed by atoms with Crippen molar-refractivity contribution in [3.05, 3.63) is 0 Å². The molecule has 3 unspecified atom stereocenters. The van der Waals surface area contributed by atoms with E-state index in [0.717, 1.165) is 19.6 Å². The van der Waals surface area contributed by atoms with Gasteiger partial charge in [0, 0.05) is 25.7 Å². The van der Waals surface area contributed by atoms with Gasteiger partial charge in [-0.15, -0.1) is 0 Å². The van der Waals surface area contributed by atoms with Crippen molar-refractivity contribution in [1.29, 1.82) is 0 Å². The molecule has 96 valence electrons. The molecule has 1 heterocycles. The number of rotatable bonds is 4. The van der Waals surface area contributed by atoms with E-state index in [4.69, 9.17) is 10.5 Å². The van der Waals surface area contributed by atoms with Gasteiger partial charge in [-0.3, -0.25) is 4.90 Å². The van der Waals surface area contributed by atoms with E-state index in [1.54, 1.807) is 0 Å². The minimum Gasteiger partial charge on any atom is -0.380 e. The van der Waals surface area contributed by atoms with Crippen molar-refractivity contribution in [2.24, 2.45) is 17.6 Å². The van der Waals surface area contributed by atoms with E-state index in [1.807, 2.05) is 7.11 Å². The Morgan fingerprint density at radius 3 is 2.56 bits per heavy atom. The first-order chi connectivity index (χ1) is 7.45. The summed E-state index contributed by atoms with van der Waals surface area (Å²) in [5.41, 5.74) is 6.09. The third-order valence-electron chi connectivity index (χ3n) is 4.57.